The highest BCUT2D eigenvalue weighted by molar-refractivity contribution is 8.77. The predicted octanol–water partition coefficient (Wildman–Crippen LogP) is 6.06. The Morgan fingerprint density at radius 3 is 1.96 bits per heavy atom. The van der Waals surface area contributed by atoms with Crippen molar-refractivity contribution in [2.75, 3.05) is 56.8 Å². The summed E-state index contributed by atoms with van der Waals surface area (Å²) in [5.41, 5.74) is 2.26. The molecule has 67 heavy (non-hydrogen) atoms. The molecule has 8 rings (SSSR count). The van der Waals surface area contributed by atoms with Crippen LogP contribution in [0.4, 0.5) is 21.9 Å². The first-order valence-electron chi connectivity index (χ1n) is 22.0. The Bertz CT molecular complexity index is 2440. The van der Waals surface area contributed by atoms with Gasteiger partial charge in [-0.3, -0.25) is 19.7 Å². The standard InChI is InChI=1S/C45H53BN6O13S2/c1-26-16-33-42(55)50(44(57)65-25-45(12-9-13-45)67-66-39-11-10-28(22-47-39)52(59)60)31-20-37(35(61-4)18-29(31)40(53)48(33)23-26)63-14-7-6-8-15-64-38-21-32-30(19-36(38)62-5)41(54)49-24-27(2)17-34(49)43(56)51(32)46(3)58/h10-11,18-22,33-34,42-43,55-56,58H,1-2,6-9,12-17,23-25H2,3-5H3/t33-,34-,42-,43-/m0/s1. The monoisotopic (exact) mass is 960 g/mol. The lowest BCUT2D eigenvalue weighted by Crippen LogP contribution is -2.53. The molecular formula is C45H53BN6O13S2. The second-order valence-corrected chi connectivity index (χ2v) is 19.9. The number of ether oxygens (including phenoxy) is 5. The first kappa shape index (κ1) is 47.8. The summed E-state index contributed by atoms with van der Waals surface area (Å²) in [5.74, 6) is 0.462. The van der Waals surface area contributed by atoms with Crippen LogP contribution in [0.2, 0.25) is 6.82 Å². The summed E-state index contributed by atoms with van der Waals surface area (Å²) < 4.78 is 29.2. The number of carbonyl (C=O) groups is 3. The molecule has 2 aromatic carbocycles. The van der Waals surface area contributed by atoms with Crippen LogP contribution in [0.3, 0.4) is 0 Å². The molecule has 5 heterocycles. The molecule has 1 aromatic heterocycles. The maximum absolute atomic E-state index is 14.2. The number of methoxy groups -OCH3 is 2. The summed E-state index contributed by atoms with van der Waals surface area (Å²) in [6.07, 6.45) is 2.62. The van der Waals surface area contributed by atoms with Crippen LogP contribution in [0, 0.1) is 10.1 Å². The fourth-order valence-electron chi connectivity index (χ4n) is 9.11. The molecule has 0 radical (unpaired) electrons. The molecule has 2 saturated heterocycles. The maximum atomic E-state index is 14.2. The molecule has 0 bridgehead atoms. The van der Waals surface area contributed by atoms with Crippen LogP contribution in [0.15, 0.2) is 71.9 Å². The summed E-state index contributed by atoms with van der Waals surface area (Å²) in [4.78, 5) is 62.4. The van der Waals surface area contributed by atoms with Crippen molar-refractivity contribution in [3.8, 4) is 23.0 Å². The highest BCUT2D eigenvalue weighted by atomic mass is 33.1. The van der Waals surface area contributed by atoms with E-state index in [9.17, 15) is 39.7 Å². The first-order valence-corrected chi connectivity index (χ1v) is 24.2. The third-order valence-electron chi connectivity index (χ3n) is 12.8. The average molecular weight is 961 g/mol. The zero-order valence-corrected chi connectivity index (χ0v) is 39.1. The van der Waals surface area contributed by atoms with Crippen molar-refractivity contribution in [3.05, 3.63) is 88.1 Å². The van der Waals surface area contributed by atoms with Crippen molar-refractivity contribution in [2.24, 2.45) is 0 Å². The normalized spacial score (nSPS) is 21.6. The fourth-order valence-corrected chi connectivity index (χ4v) is 11.9. The number of aliphatic hydroxyl groups is 2. The lowest BCUT2D eigenvalue weighted by molar-refractivity contribution is -0.385. The fraction of sp³-hybridized carbons (Fsp3) is 0.467. The van der Waals surface area contributed by atoms with Gasteiger partial charge in [-0.2, -0.15) is 0 Å². The van der Waals surface area contributed by atoms with Gasteiger partial charge in [0.05, 0.1) is 66.0 Å². The van der Waals surface area contributed by atoms with Gasteiger partial charge in [-0.15, -0.1) is 0 Å². The van der Waals surface area contributed by atoms with Gasteiger partial charge in [-0.1, -0.05) is 41.5 Å². The molecule has 1 aliphatic carbocycles. The number of rotatable bonds is 17. The number of nitrogens with zero attached hydrogens (tertiary/aromatic N) is 6. The van der Waals surface area contributed by atoms with Gasteiger partial charge in [0.1, 0.15) is 24.1 Å². The molecule has 3 amide bonds. The van der Waals surface area contributed by atoms with Crippen LogP contribution in [-0.4, -0.2) is 136 Å². The lowest BCUT2D eigenvalue weighted by Gasteiger charge is -2.40. The Morgan fingerprint density at radius 2 is 1.45 bits per heavy atom. The van der Waals surface area contributed by atoms with Gasteiger partial charge in [-0.25, -0.2) is 14.7 Å². The van der Waals surface area contributed by atoms with Gasteiger partial charge in [0.25, 0.3) is 17.5 Å². The van der Waals surface area contributed by atoms with E-state index in [-0.39, 0.29) is 72.7 Å². The van der Waals surface area contributed by atoms with E-state index in [1.54, 1.807) is 23.1 Å². The summed E-state index contributed by atoms with van der Waals surface area (Å²) in [6.45, 7) is 10.6. The molecule has 0 spiro atoms. The van der Waals surface area contributed by atoms with Crippen molar-refractivity contribution in [1.29, 1.82) is 0 Å². The van der Waals surface area contributed by atoms with Crippen molar-refractivity contribution in [3.63, 3.8) is 0 Å². The number of benzene rings is 2. The summed E-state index contributed by atoms with van der Waals surface area (Å²) >= 11 is 0. The molecular weight excluding hydrogens is 907 g/mol. The molecule has 4 atom stereocenters. The van der Waals surface area contributed by atoms with Crippen LogP contribution in [0.1, 0.15) is 72.1 Å². The van der Waals surface area contributed by atoms with E-state index in [0.29, 0.717) is 54.4 Å². The quantitative estimate of drug-likeness (QED) is 0.0349. The topological polar surface area (TPSA) is 227 Å². The molecule has 3 fully saturated rings. The average Bonchev–Trinajstić information content (AvgIpc) is 3.86. The van der Waals surface area contributed by atoms with Crippen LogP contribution in [0.25, 0.3) is 0 Å². The van der Waals surface area contributed by atoms with E-state index in [1.807, 2.05) is 0 Å². The first-order chi connectivity index (χ1) is 32.1. The van der Waals surface area contributed by atoms with E-state index >= 15 is 0 Å². The molecule has 0 unspecified atom stereocenters. The van der Waals surface area contributed by atoms with E-state index < -0.39 is 53.3 Å². The molecule has 19 nitrogen and oxygen atoms in total. The van der Waals surface area contributed by atoms with Gasteiger partial charge in [0.2, 0.25) is 0 Å². The molecule has 1 saturated carbocycles. The minimum atomic E-state index is -1.47. The number of carbonyl (C=O) groups excluding carboxylic acids is 3. The van der Waals surface area contributed by atoms with E-state index in [0.717, 1.165) is 35.3 Å². The summed E-state index contributed by atoms with van der Waals surface area (Å²) in [5, 5.41) is 45.7. The van der Waals surface area contributed by atoms with Crippen molar-refractivity contribution in [2.45, 2.75) is 92.5 Å². The number of anilines is 2. The predicted molar refractivity (Wildman–Crippen MR) is 251 cm³/mol. The van der Waals surface area contributed by atoms with Gasteiger partial charge in [-0.05, 0) is 80.8 Å². The minimum absolute atomic E-state index is 0.00557. The van der Waals surface area contributed by atoms with Crippen molar-refractivity contribution >= 4 is 63.6 Å². The molecule has 22 heteroatoms. The highest BCUT2D eigenvalue weighted by Crippen LogP contribution is 2.52. The summed E-state index contributed by atoms with van der Waals surface area (Å²) in [6, 6.07) is 7.82. The largest absolute Gasteiger partial charge is 0.493 e. The van der Waals surface area contributed by atoms with Gasteiger partial charge in [0, 0.05) is 37.0 Å². The van der Waals surface area contributed by atoms with Crippen LogP contribution >= 0.6 is 21.6 Å². The molecule has 3 aromatic rings. The van der Waals surface area contributed by atoms with Gasteiger partial charge >= 0.3 is 13.1 Å². The Kier molecular flexibility index (Phi) is 14.2. The lowest BCUT2D eigenvalue weighted by atomic mass is 9.82. The zero-order valence-electron chi connectivity index (χ0n) is 37.5. The molecule has 3 N–H and O–H groups in total. The number of hydrogen-bond donors (Lipinski definition) is 3. The number of pyridine rings is 1. The Morgan fingerprint density at radius 1 is 0.881 bits per heavy atom. The number of amides is 3. The number of nitro groups is 1. The molecule has 4 aliphatic heterocycles. The number of fused-ring (bicyclic) bond motifs is 4. The van der Waals surface area contributed by atoms with Crippen LogP contribution < -0.4 is 28.7 Å². The van der Waals surface area contributed by atoms with Crippen LogP contribution in [-0.2, 0) is 4.74 Å². The van der Waals surface area contributed by atoms with E-state index in [4.69, 9.17) is 23.7 Å². The van der Waals surface area contributed by atoms with E-state index in [2.05, 4.69) is 18.1 Å². The SMILES string of the molecule is C=C1C[C@H]2[C@H](O)N(B(C)O)c3cc(OCCCCCOc4cc5c(cc4OC)C(=O)N4CC(=C)C[C@H]4[C@H](O)N5C(=O)OCC4(SSc5ccc([N+](=O)[O-])cn5)CCC4)c(OC)cc3C(=O)N2C1. The molecule has 356 valence electrons. The Labute approximate surface area is 395 Å². The summed E-state index contributed by atoms with van der Waals surface area (Å²) in [7, 11) is 4.61. The second kappa shape index (κ2) is 19.9. The number of aliphatic hydroxyl groups excluding tert-OH is 2. The third-order valence-corrected chi connectivity index (χ3v) is 16.0. The number of aromatic nitrogens is 1. The second-order valence-electron chi connectivity index (χ2n) is 17.3. The Hall–Kier alpha value is -5.68. The smallest absolute Gasteiger partial charge is 0.416 e. The minimum Gasteiger partial charge on any atom is -0.493 e. The van der Waals surface area contributed by atoms with Gasteiger partial charge in [0.15, 0.2) is 29.2 Å². The van der Waals surface area contributed by atoms with Crippen molar-refractivity contribution < 1.29 is 58.2 Å². The maximum Gasteiger partial charge on any atom is 0.416 e. The van der Waals surface area contributed by atoms with Crippen LogP contribution in [0.5, 0.6) is 23.0 Å². The van der Waals surface area contributed by atoms with E-state index in [1.165, 1.54) is 76.7 Å². The number of unbranched alkanes of at least 4 members (excludes halogenated alkanes) is 2. The van der Waals surface area contributed by atoms with Crippen molar-refractivity contribution in [1.82, 2.24) is 14.8 Å². The Balaban J connectivity index is 0.925. The third kappa shape index (κ3) is 9.58. The number of hydrogen-bond acceptors (Lipinski definition) is 17. The zero-order chi connectivity index (χ0) is 47.7. The molecule has 5 aliphatic rings. The highest BCUT2D eigenvalue weighted by Gasteiger charge is 2.48. The van der Waals surface area contributed by atoms with Gasteiger partial charge < -0.3 is 53.5 Å².